The molecule has 0 saturated carbocycles. The zero-order chi connectivity index (χ0) is 22.6. The molecular weight excluding hydrogens is 456 g/mol. The average molecular weight is 481 g/mol. The minimum atomic E-state index is -3.70. The highest BCUT2D eigenvalue weighted by atomic mass is 35.5. The maximum atomic E-state index is 13.1. The zero-order valence-electron chi connectivity index (χ0n) is 17.9. The normalized spacial score (nSPS) is 25.0. The highest BCUT2D eigenvalue weighted by Crippen LogP contribution is 2.26. The van der Waals surface area contributed by atoms with Crippen molar-refractivity contribution in [2.75, 3.05) is 39.8 Å². The van der Waals surface area contributed by atoms with E-state index in [0.717, 1.165) is 11.8 Å². The van der Waals surface area contributed by atoms with E-state index in [4.69, 9.17) is 16.3 Å². The maximum absolute atomic E-state index is 13.1. The number of likely N-dealkylation sites (N-methyl/N-ethyl adjacent to an activating group) is 1. The molecule has 5 rings (SSSR count). The van der Waals surface area contributed by atoms with E-state index in [1.165, 1.54) is 9.31 Å². The van der Waals surface area contributed by atoms with Crippen LogP contribution in [-0.2, 0) is 14.8 Å². The first-order chi connectivity index (χ1) is 15.2. The third kappa shape index (κ3) is 3.62. The number of nitrogens with one attached hydrogen (secondary N) is 1. The van der Waals surface area contributed by atoms with Gasteiger partial charge in [0.05, 0.1) is 6.04 Å². The molecule has 2 saturated heterocycles. The molecule has 2 aromatic rings. The number of hydrogen-bond donors (Lipinski definition) is 1. The Morgan fingerprint density at radius 1 is 1.19 bits per heavy atom. The van der Waals surface area contributed by atoms with E-state index in [1.54, 1.807) is 29.2 Å². The molecule has 4 heterocycles. The van der Waals surface area contributed by atoms with Crippen molar-refractivity contribution in [2.45, 2.75) is 30.6 Å². The van der Waals surface area contributed by atoms with Gasteiger partial charge in [-0.2, -0.15) is 4.31 Å². The van der Waals surface area contributed by atoms with Crippen LogP contribution in [0.5, 0.6) is 0 Å². The van der Waals surface area contributed by atoms with Crippen LogP contribution < -0.4 is 0 Å². The van der Waals surface area contributed by atoms with E-state index in [1.807, 2.05) is 14.0 Å². The standard InChI is InChI=1S/C20H25ClN6O4S/c1-13-24(2)17-5-6-27(23-19(17)31-13)20(28)25-7-9-26(10-8-25)32(29,30)18-12-14-11-15(21)3-4-16(14)22-18/h3-4,11-13,17,22H,5-10H2,1-2H3. The number of fused-ring (bicyclic) bond motifs is 2. The number of benzene rings is 1. The van der Waals surface area contributed by atoms with Crippen molar-refractivity contribution in [1.29, 1.82) is 0 Å². The van der Waals surface area contributed by atoms with Gasteiger partial charge in [0.25, 0.3) is 10.0 Å². The Kier molecular flexibility index (Phi) is 5.31. The summed E-state index contributed by atoms with van der Waals surface area (Å²) in [7, 11) is -1.72. The molecule has 2 amide bonds. The monoisotopic (exact) mass is 480 g/mol. The molecule has 1 aromatic carbocycles. The summed E-state index contributed by atoms with van der Waals surface area (Å²) in [4.78, 5) is 19.7. The first-order valence-electron chi connectivity index (χ1n) is 10.6. The second kappa shape index (κ2) is 7.91. The number of ether oxygens (including phenoxy) is 1. The Morgan fingerprint density at radius 2 is 1.94 bits per heavy atom. The largest absolute Gasteiger partial charge is 0.460 e. The first-order valence-corrected chi connectivity index (χ1v) is 12.4. The fourth-order valence-corrected chi connectivity index (χ4v) is 5.99. The lowest BCUT2D eigenvalue weighted by Gasteiger charge is -2.36. The van der Waals surface area contributed by atoms with E-state index >= 15 is 0 Å². The summed E-state index contributed by atoms with van der Waals surface area (Å²) in [6.45, 7) is 3.48. The molecular formula is C20H25ClN6O4S. The van der Waals surface area contributed by atoms with Crippen LogP contribution >= 0.6 is 11.6 Å². The smallest absolute Gasteiger partial charge is 0.340 e. The fraction of sp³-hybridized carbons (Fsp3) is 0.500. The molecule has 0 radical (unpaired) electrons. The summed E-state index contributed by atoms with van der Waals surface area (Å²) >= 11 is 6.01. The van der Waals surface area contributed by atoms with E-state index in [0.29, 0.717) is 36.1 Å². The van der Waals surface area contributed by atoms with Crippen LogP contribution in [0.4, 0.5) is 4.79 Å². The molecule has 0 spiro atoms. The minimum Gasteiger partial charge on any atom is -0.460 e. The number of amides is 2. The van der Waals surface area contributed by atoms with Gasteiger partial charge in [-0.25, -0.2) is 18.2 Å². The molecule has 172 valence electrons. The predicted octanol–water partition coefficient (Wildman–Crippen LogP) is 1.94. The Morgan fingerprint density at radius 3 is 2.69 bits per heavy atom. The lowest BCUT2D eigenvalue weighted by Crippen LogP contribution is -2.54. The number of nitrogens with zero attached hydrogens (tertiary/aromatic N) is 5. The van der Waals surface area contributed by atoms with Gasteiger partial charge in [0.15, 0.2) is 6.23 Å². The number of urea groups is 1. The summed E-state index contributed by atoms with van der Waals surface area (Å²) in [5.74, 6) is 0.569. The molecule has 2 unspecified atom stereocenters. The third-order valence-corrected chi connectivity index (χ3v) is 8.44. The van der Waals surface area contributed by atoms with Crippen molar-refractivity contribution in [3.8, 4) is 0 Å². The van der Waals surface area contributed by atoms with Crippen molar-refractivity contribution in [3.63, 3.8) is 0 Å². The number of H-pyrrole nitrogens is 1. The van der Waals surface area contributed by atoms with E-state index in [9.17, 15) is 13.2 Å². The van der Waals surface area contributed by atoms with Crippen LogP contribution in [0, 0.1) is 0 Å². The highest BCUT2D eigenvalue weighted by molar-refractivity contribution is 7.89. The van der Waals surface area contributed by atoms with Gasteiger partial charge in [-0.3, -0.25) is 4.90 Å². The number of rotatable bonds is 2. The number of aromatic nitrogens is 1. The lowest BCUT2D eigenvalue weighted by atomic mass is 10.1. The molecule has 1 aromatic heterocycles. The van der Waals surface area contributed by atoms with Gasteiger partial charge in [-0.1, -0.05) is 11.6 Å². The van der Waals surface area contributed by atoms with Crippen LogP contribution in [0.2, 0.25) is 5.02 Å². The highest BCUT2D eigenvalue weighted by Gasteiger charge is 2.40. The van der Waals surface area contributed by atoms with Crippen LogP contribution in [0.1, 0.15) is 13.3 Å². The number of piperazine rings is 1. The minimum absolute atomic E-state index is 0.0665. The second-order valence-electron chi connectivity index (χ2n) is 8.29. The Labute approximate surface area is 191 Å². The maximum Gasteiger partial charge on any atom is 0.340 e. The molecule has 12 heteroatoms. The number of aromatic amines is 1. The van der Waals surface area contributed by atoms with E-state index < -0.39 is 10.0 Å². The molecule has 2 fully saturated rings. The van der Waals surface area contributed by atoms with Crippen molar-refractivity contribution in [3.05, 3.63) is 29.3 Å². The van der Waals surface area contributed by atoms with Crippen molar-refractivity contribution < 1.29 is 17.9 Å². The van der Waals surface area contributed by atoms with Gasteiger partial charge >= 0.3 is 6.03 Å². The van der Waals surface area contributed by atoms with E-state index in [-0.39, 0.29) is 36.4 Å². The number of hydrazone groups is 1. The number of sulfonamides is 1. The predicted molar refractivity (Wildman–Crippen MR) is 120 cm³/mol. The van der Waals surface area contributed by atoms with Gasteiger partial charge in [0.2, 0.25) is 5.90 Å². The summed E-state index contributed by atoms with van der Waals surface area (Å²) in [5.41, 5.74) is 0.707. The van der Waals surface area contributed by atoms with Crippen molar-refractivity contribution in [1.82, 2.24) is 24.1 Å². The summed E-state index contributed by atoms with van der Waals surface area (Å²) in [5, 5.41) is 7.26. The van der Waals surface area contributed by atoms with Crippen LogP contribution in [0.3, 0.4) is 0 Å². The number of halogens is 1. The van der Waals surface area contributed by atoms with E-state index in [2.05, 4.69) is 15.0 Å². The van der Waals surface area contributed by atoms with Gasteiger partial charge in [-0.05, 0) is 44.7 Å². The molecule has 0 aliphatic carbocycles. The SMILES string of the molecule is CC1OC2=NN(C(=O)N3CCN(S(=O)(=O)c4cc5cc(Cl)ccc5[nH]4)CC3)CCC2N1C. The summed E-state index contributed by atoms with van der Waals surface area (Å²) in [6, 6.07) is 6.66. The second-order valence-corrected chi connectivity index (χ2v) is 10.6. The molecule has 3 aliphatic heterocycles. The number of hydrogen-bond acceptors (Lipinski definition) is 6. The topological polar surface area (TPSA) is 102 Å². The molecule has 1 N–H and O–H groups in total. The van der Waals surface area contributed by atoms with Gasteiger partial charge < -0.3 is 14.6 Å². The van der Waals surface area contributed by atoms with Crippen molar-refractivity contribution >= 4 is 44.5 Å². The van der Waals surface area contributed by atoms with Crippen molar-refractivity contribution in [2.24, 2.45) is 5.10 Å². The molecule has 2 atom stereocenters. The molecule has 0 bridgehead atoms. The van der Waals surface area contributed by atoms with Gasteiger partial charge in [0.1, 0.15) is 5.03 Å². The third-order valence-electron chi connectivity index (χ3n) is 6.38. The van der Waals surface area contributed by atoms with Crippen LogP contribution in [0.25, 0.3) is 10.9 Å². The van der Waals surface area contributed by atoms with Gasteiger partial charge in [-0.15, -0.1) is 5.10 Å². The first kappa shape index (κ1) is 21.5. The summed E-state index contributed by atoms with van der Waals surface area (Å²) in [6.07, 6.45) is 0.688. The number of carbonyl (C=O) groups is 1. The molecule has 3 aliphatic rings. The fourth-order valence-electron chi connectivity index (χ4n) is 4.37. The summed E-state index contributed by atoms with van der Waals surface area (Å²) < 4.78 is 33.4. The lowest BCUT2D eigenvalue weighted by molar-refractivity contribution is 0.100. The zero-order valence-corrected chi connectivity index (χ0v) is 19.4. The molecule has 10 nitrogen and oxygen atoms in total. The Bertz CT molecular complexity index is 1190. The van der Waals surface area contributed by atoms with Crippen LogP contribution in [-0.4, -0.2) is 96.5 Å². The quantitative estimate of drug-likeness (QED) is 0.707. The van der Waals surface area contributed by atoms with Gasteiger partial charge in [0, 0.05) is 48.6 Å². The molecule has 32 heavy (non-hydrogen) atoms. The Balaban J connectivity index is 1.25. The average Bonchev–Trinajstić information content (AvgIpc) is 3.33. The Hall–Kier alpha value is -2.34. The number of carbonyl (C=O) groups excluding carboxylic acids is 1. The van der Waals surface area contributed by atoms with Crippen LogP contribution in [0.15, 0.2) is 34.4 Å².